The molecule has 0 aromatic rings. The summed E-state index contributed by atoms with van der Waals surface area (Å²) in [7, 11) is 2.93. The molecule has 27 heavy (non-hydrogen) atoms. The second-order valence-corrected chi connectivity index (χ2v) is 6.61. The molecule has 4 amide bonds. The maximum atomic E-state index is 11.9. The van der Waals surface area contributed by atoms with Crippen molar-refractivity contribution in [3.05, 3.63) is 17.4 Å². The van der Waals surface area contributed by atoms with E-state index >= 15 is 0 Å². The van der Waals surface area contributed by atoms with Gasteiger partial charge in [0.05, 0.1) is 14.1 Å². The predicted octanol–water partition coefficient (Wildman–Crippen LogP) is 2.26. The fraction of sp³-hybridized carbons (Fsp3) is 0.650. The number of ether oxygens (including phenoxy) is 1. The molecule has 150 valence electrons. The fourth-order valence-corrected chi connectivity index (χ4v) is 2.57. The lowest BCUT2D eigenvalue weighted by atomic mass is 10.1. The quantitative estimate of drug-likeness (QED) is 0.245. The molecule has 0 saturated carbocycles. The Morgan fingerprint density at radius 1 is 1.19 bits per heavy atom. The van der Waals surface area contributed by atoms with Gasteiger partial charge in [-0.2, -0.15) is 14.3 Å². The molecule has 1 aliphatic rings. The van der Waals surface area contributed by atoms with Gasteiger partial charge in [-0.25, -0.2) is 4.79 Å². The first kappa shape index (κ1) is 22.8. The van der Waals surface area contributed by atoms with E-state index in [4.69, 9.17) is 4.74 Å². The Balaban J connectivity index is 2.20. The van der Waals surface area contributed by atoms with Crippen molar-refractivity contribution in [1.29, 1.82) is 0 Å². The first-order valence-corrected chi connectivity index (χ1v) is 9.69. The van der Waals surface area contributed by atoms with E-state index in [1.54, 1.807) is 0 Å². The van der Waals surface area contributed by atoms with E-state index in [-0.39, 0.29) is 11.5 Å². The van der Waals surface area contributed by atoms with E-state index in [0.717, 1.165) is 24.3 Å². The van der Waals surface area contributed by atoms with Crippen LogP contribution in [0.4, 0.5) is 4.79 Å². The summed E-state index contributed by atoms with van der Waals surface area (Å²) in [6.07, 6.45) is 10.7. The van der Waals surface area contributed by atoms with Crippen molar-refractivity contribution in [2.24, 2.45) is 0 Å². The SMILES string of the molecule is CCCCCCCCOCCCNC(=O)C=C=C1C=[N+](C)C(=O)N(C)C1=O. The number of hydrogen-bond donors (Lipinski definition) is 1. The Hall–Kier alpha value is -2.24. The Morgan fingerprint density at radius 2 is 1.85 bits per heavy atom. The first-order valence-electron chi connectivity index (χ1n) is 9.69. The molecular formula is C20H32N3O4+. The summed E-state index contributed by atoms with van der Waals surface area (Å²) in [5.74, 6) is -0.813. The fourth-order valence-electron chi connectivity index (χ4n) is 2.57. The number of urea groups is 1. The topological polar surface area (TPSA) is 78.7 Å². The van der Waals surface area contributed by atoms with Gasteiger partial charge in [-0.1, -0.05) is 44.8 Å². The van der Waals surface area contributed by atoms with Crippen molar-refractivity contribution in [2.75, 3.05) is 33.9 Å². The number of hydrogen-bond acceptors (Lipinski definition) is 4. The summed E-state index contributed by atoms with van der Waals surface area (Å²) >= 11 is 0. The van der Waals surface area contributed by atoms with Crippen LogP contribution in [0, 0.1) is 0 Å². The van der Waals surface area contributed by atoms with E-state index in [1.165, 1.54) is 63.1 Å². The Kier molecular flexibility index (Phi) is 11.0. The smallest absolute Gasteiger partial charge is 0.381 e. The molecule has 1 N–H and O–H groups in total. The van der Waals surface area contributed by atoms with Gasteiger partial charge >= 0.3 is 11.9 Å². The molecule has 0 aliphatic carbocycles. The molecule has 0 atom stereocenters. The lowest BCUT2D eigenvalue weighted by molar-refractivity contribution is -0.397. The van der Waals surface area contributed by atoms with Crippen LogP contribution in [0.25, 0.3) is 0 Å². The van der Waals surface area contributed by atoms with Crippen molar-refractivity contribution in [3.63, 3.8) is 0 Å². The van der Waals surface area contributed by atoms with Crippen molar-refractivity contribution < 1.29 is 23.7 Å². The zero-order valence-corrected chi connectivity index (χ0v) is 16.8. The van der Waals surface area contributed by atoms with Gasteiger partial charge in [0, 0.05) is 25.8 Å². The van der Waals surface area contributed by atoms with Crippen molar-refractivity contribution >= 4 is 24.1 Å². The van der Waals surface area contributed by atoms with Crippen molar-refractivity contribution in [3.8, 4) is 0 Å². The zero-order valence-electron chi connectivity index (χ0n) is 16.8. The predicted molar refractivity (Wildman–Crippen MR) is 104 cm³/mol. The van der Waals surface area contributed by atoms with Gasteiger partial charge in [0.2, 0.25) is 0 Å². The van der Waals surface area contributed by atoms with Crippen LogP contribution < -0.4 is 5.32 Å². The molecule has 1 heterocycles. The van der Waals surface area contributed by atoms with E-state index in [2.05, 4.69) is 18.0 Å². The molecule has 0 fully saturated rings. The van der Waals surface area contributed by atoms with E-state index in [1.807, 2.05) is 0 Å². The third kappa shape index (κ3) is 8.80. The highest BCUT2D eigenvalue weighted by molar-refractivity contribution is 6.17. The number of amides is 4. The van der Waals surface area contributed by atoms with Gasteiger partial charge in [-0.3, -0.25) is 4.79 Å². The Morgan fingerprint density at radius 3 is 2.59 bits per heavy atom. The van der Waals surface area contributed by atoms with Crippen LogP contribution in [0.5, 0.6) is 0 Å². The summed E-state index contributed by atoms with van der Waals surface area (Å²) in [5.41, 5.74) is 2.81. The minimum atomic E-state index is -0.481. The molecule has 0 unspecified atom stereocenters. The second-order valence-electron chi connectivity index (χ2n) is 6.61. The number of imide groups is 1. The van der Waals surface area contributed by atoms with Gasteiger partial charge in [0.15, 0.2) is 0 Å². The summed E-state index contributed by atoms with van der Waals surface area (Å²) < 4.78 is 6.83. The molecule has 0 aromatic heterocycles. The number of nitrogens with one attached hydrogen (secondary N) is 1. The largest absolute Gasteiger partial charge is 0.500 e. The van der Waals surface area contributed by atoms with Crippen LogP contribution >= 0.6 is 0 Å². The van der Waals surface area contributed by atoms with Crippen LogP contribution in [-0.4, -0.2) is 67.4 Å². The number of unbranched alkanes of at least 4 members (excludes halogenated alkanes) is 5. The number of rotatable bonds is 12. The maximum absolute atomic E-state index is 11.9. The maximum Gasteiger partial charge on any atom is 0.500 e. The standard InChI is InChI=1S/C20H31N3O4/c1-4-5-6-7-8-9-14-27-15-10-13-21-18(24)12-11-17-16-22(2)20(26)23(3)19(17)25/h12,16H,4-10,13-15H2,1-3H3/p+1. The molecule has 0 spiro atoms. The summed E-state index contributed by atoms with van der Waals surface area (Å²) in [5, 5.41) is 2.72. The first-order chi connectivity index (χ1) is 13.0. The van der Waals surface area contributed by atoms with E-state index in [0.29, 0.717) is 13.2 Å². The lowest BCUT2D eigenvalue weighted by Crippen LogP contribution is -2.44. The van der Waals surface area contributed by atoms with Gasteiger partial charge in [0.25, 0.3) is 5.91 Å². The van der Waals surface area contributed by atoms with Crippen molar-refractivity contribution in [2.45, 2.75) is 51.9 Å². The normalized spacial score (nSPS) is 14.1. The third-order valence-corrected chi connectivity index (χ3v) is 4.21. The Bertz CT molecular complexity index is 619. The second kappa shape index (κ2) is 13.0. The van der Waals surface area contributed by atoms with Gasteiger partial charge in [0.1, 0.15) is 11.8 Å². The van der Waals surface area contributed by atoms with Crippen LogP contribution in [0.3, 0.4) is 0 Å². The number of nitrogens with zero attached hydrogens (tertiary/aromatic N) is 2. The molecule has 7 heteroatoms. The number of carbonyl (C=O) groups excluding carboxylic acids is 3. The summed E-state index contributed by atoms with van der Waals surface area (Å²) in [6.45, 7) is 4.09. The zero-order chi connectivity index (χ0) is 20.1. The van der Waals surface area contributed by atoms with Crippen LogP contribution in [0.1, 0.15) is 51.9 Å². The van der Waals surface area contributed by atoms with E-state index < -0.39 is 11.9 Å². The molecule has 0 aromatic carbocycles. The molecule has 0 radical (unpaired) electrons. The molecule has 0 bridgehead atoms. The monoisotopic (exact) mass is 378 g/mol. The van der Waals surface area contributed by atoms with Gasteiger partial charge in [-0.05, 0) is 12.8 Å². The van der Waals surface area contributed by atoms with Crippen LogP contribution in [0.15, 0.2) is 17.4 Å². The highest BCUT2D eigenvalue weighted by Crippen LogP contribution is 2.05. The van der Waals surface area contributed by atoms with Gasteiger partial charge in [-0.15, -0.1) is 0 Å². The average Bonchev–Trinajstić information content (AvgIpc) is 2.66. The minimum absolute atomic E-state index is 0.164. The third-order valence-electron chi connectivity index (χ3n) is 4.21. The van der Waals surface area contributed by atoms with Crippen molar-refractivity contribution in [1.82, 2.24) is 10.2 Å². The highest BCUT2D eigenvalue weighted by atomic mass is 16.5. The number of carbonyl (C=O) groups is 3. The Labute approximate surface area is 161 Å². The lowest BCUT2D eigenvalue weighted by Gasteiger charge is -2.12. The molecule has 7 nitrogen and oxygen atoms in total. The molecule has 1 aliphatic heterocycles. The summed E-state index contributed by atoms with van der Waals surface area (Å²) in [6, 6.07) is -0.420. The van der Waals surface area contributed by atoms with Gasteiger partial charge < -0.3 is 10.1 Å². The minimum Gasteiger partial charge on any atom is -0.381 e. The number of likely N-dealkylation sites (N-methyl/N-ethyl adjacent to an activating group) is 1. The van der Waals surface area contributed by atoms with Crippen LogP contribution in [-0.2, 0) is 14.3 Å². The molecular weight excluding hydrogens is 346 g/mol. The highest BCUT2D eigenvalue weighted by Gasteiger charge is 2.34. The molecule has 1 rings (SSSR count). The van der Waals surface area contributed by atoms with E-state index in [9.17, 15) is 14.4 Å². The van der Waals surface area contributed by atoms with Crippen LogP contribution in [0.2, 0.25) is 0 Å². The average molecular weight is 378 g/mol. The molecule has 0 saturated heterocycles. The summed E-state index contributed by atoms with van der Waals surface area (Å²) in [4.78, 5) is 36.3.